The smallest absolute Gasteiger partial charge is 0.261 e. The van der Waals surface area contributed by atoms with Gasteiger partial charge in [-0.05, 0) is 24.3 Å². The molecule has 0 aliphatic carbocycles. The molecule has 2 heterocycles. The molecule has 9 heteroatoms. The maximum atomic E-state index is 11.3. The molecule has 4 amide bonds. The quantitative estimate of drug-likeness (QED) is 0.195. The minimum Gasteiger partial charge on any atom is -0.277 e. The van der Waals surface area contributed by atoms with Crippen LogP contribution in [0.3, 0.4) is 0 Å². The van der Waals surface area contributed by atoms with Gasteiger partial charge in [-0.3, -0.25) is 29.0 Å². The Morgan fingerprint density at radius 2 is 0.511 bits per heavy atom. The van der Waals surface area contributed by atoms with Crippen LogP contribution in [-0.4, -0.2) is 68.5 Å². The van der Waals surface area contributed by atoms with E-state index >= 15 is 0 Å². The van der Waals surface area contributed by atoms with Gasteiger partial charge in [0.25, 0.3) is 23.6 Å². The first-order valence-electron chi connectivity index (χ1n) is 14.4. The Kier molecular flexibility index (Phi) is 19.4. The Balaban J connectivity index is 0.000000547. The molecule has 2 aliphatic rings. The standard InChI is InChI=1S/2C9H7NO2.2C6H6.C2H6O2S.2C2H6/c2*1-10-8(11)6-4-2-3-5-7(6)9(10)12;2*1-2-4-6-5-3-1;1-5(2,3)4;2*1-2/h2*2-5H,1H3;2*1-6H;1-2H3;2*1-2H3. The van der Waals surface area contributed by atoms with Crippen molar-refractivity contribution in [1.29, 1.82) is 0 Å². The number of amides is 4. The van der Waals surface area contributed by atoms with Gasteiger partial charge in [0.2, 0.25) is 0 Å². The van der Waals surface area contributed by atoms with E-state index in [1.165, 1.54) is 14.1 Å². The fraction of sp³-hybridized carbons (Fsp3) is 0.222. The highest BCUT2D eigenvalue weighted by Crippen LogP contribution is 2.21. The van der Waals surface area contributed by atoms with Crippen LogP contribution in [0.4, 0.5) is 0 Å². The van der Waals surface area contributed by atoms with Crippen molar-refractivity contribution in [2.24, 2.45) is 0 Å². The van der Waals surface area contributed by atoms with Crippen molar-refractivity contribution in [1.82, 2.24) is 9.80 Å². The zero-order valence-corrected chi connectivity index (χ0v) is 28.1. The molecule has 0 fully saturated rings. The summed E-state index contributed by atoms with van der Waals surface area (Å²) in [5, 5.41) is 0. The molecule has 45 heavy (non-hydrogen) atoms. The van der Waals surface area contributed by atoms with Crippen LogP contribution >= 0.6 is 0 Å². The van der Waals surface area contributed by atoms with E-state index < -0.39 is 9.84 Å². The van der Waals surface area contributed by atoms with Crippen LogP contribution in [0.15, 0.2) is 121 Å². The third-order valence-electron chi connectivity index (χ3n) is 5.33. The summed E-state index contributed by atoms with van der Waals surface area (Å²) >= 11 is 0. The molecule has 0 bridgehead atoms. The van der Waals surface area contributed by atoms with Crippen LogP contribution < -0.4 is 0 Å². The van der Waals surface area contributed by atoms with Crippen LogP contribution in [0.1, 0.15) is 69.1 Å². The predicted molar refractivity (Wildman–Crippen MR) is 182 cm³/mol. The van der Waals surface area contributed by atoms with E-state index in [0.717, 1.165) is 22.3 Å². The average molecular weight is 633 g/mol. The molecule has 2 aliphatic heterocycles. The molecule has 0 radical (unpaired) electrons. The van der Waals surface area contributed by atoms with Crippen LogP contribution in [-0.2, 0) is 9.84 Å². The van der Waals surface area contributed by atoms with Gasteiger partial charge in [-0.25, -0.2) is 8.42 Å². The van der Waals surface area contributed by atoms with Gasteiger partial charge in [-0.15, -0.1) is 0 Å². The van der Waals surface area contributed by atoms with E-state index in [9.17, 15) is 27.6 Å². The Morgan fingerprint density at radius 1 is 0.378 bits per heavy atom. The molecule has 0 N–H and O–H groups in total. The minimum absolute atomic E-state index is 0.212. The molecule has 6 rings (SSSR count). The van der Waals surface area contributed by atoms with E-state index in [0.29, 0.717) is 22.3 Å². The van der Waals surface area contributed by atoms with Crippen LogP contribution in [0.2, 0.25) is 0 Å². The fourth-order valence-corrected chi connectivity index (χ4v) is 3.39. The predicted octanol–water partition coefficient (Wildman–Crippen LogP) is 6.91. The van der Waals surface area contributed by atoms with Gasteiger partial charge < -0.3 is 0 Å². The Morgan fingerprint density at radius 3 is 0.644 bits per heavy atom. The number of hydrogen-bond acceptors (Lipinski definition) is 6. The molecular weight excluding hydrogens is 588 g/mol. The van der Waals surface area contributed by atoms with E-state index in [1.54, 1.807) is 48.5 Å². The first-order valence-corrected chi connectivity index (χ1v) is 16.7. The van der Waals surface area contributed by atoms with Crippen molar-refractivity contribution < 1.29 is 27.6 Å². The number of sulfone groups is 1. The Labute approximate surface area is 268 Å². The molecule has 0 saturated carbocycles. The second-order valence-electron chi connectivity index (χ2n) is 8.88. The molecule has 0 atom stereocenters. The largest absolute Gasteiger partial charge is 0.277 e. The molecule has 8 nitrogen and oxygen atoms in total. The topological polar surface area (TPSA) is 109 Å². The lowest BCUT2D eigenvalue weighted by molar-refractivity contribution is 0.0678. The van der Waals surface area contributed by atoms with E-state index in [1.807, 2.05) is 100 Å². The summed E-state index contributed by atoms with van der Waals surface area (Å²) in [4.78, 5) is 47.5. The SMILES string of the molecule is CC.CC.CN1C(=O)c2ccccc2C1=O.CN1C(=O)c2ccccc2C1=O.CS(C)(=O)=O.c1ccccc1.c1ccccc1. The molecular formula is C36H44N2O6S. The monoisotopic (exact) mass is 632 g/mol. The summed E-state index contributed by atoms with van der Waals surface area (Å²) in [7, 11) is 0.315. The van der Waals surface area contributed by atoms with E-state index in [2.05, 4.69) is 0 Å². The third kappa shape index (κ3) is 14.4. The van der Waals surface area contributed by atoms with Gasteiger partial charge in [0.05, 0.1) is 22.3 Å². The van der Waals surface area contributed by atoms with Crippen molar-refractivity contribution in [3.63, 3.8) is 0 Å². The average Bonchev–Trinajstić information content (AvgIpc) is 3.44. The minimum atomic E-state index is -2.67. The zero-order valence-electron chi connectivity index (χ0n) is 27.3. The van der Waals surface area contributed by atoms with Crippen molar-refractivity contribution in [2.45, 2.75) is 27.7 Å². The van der Waals surface area contributed by atoms with Crippen LogP contribution in [0.25, 0.3) is 0 Å². The maximum Gasteiger partial charge on any atom is 0.261 e. The van der Waals surface area contributed by atoms with Gasteiger partial charge in [0, 0.05) is 26.6 Å². The summed E-state index contributed by atoms with van der Waals surface area (Å²) in [6.45, 7) is 8.00. The first-order chi connectivity index (χ1) is 21.4. The van der Waals surface area contributed by atoms with Crippen molar-refractivity contribution in [3.8, 4) is 0 Å². The van der Waals surface area contributed by atoms with Crippen LogP contribution in [0.5, 0.6) is 0 Å². The summed E-state index contributed by atoms with van der Waals surface area (Å²) in [5.41, 5.74) is 2.02. The second-order valence-corrected chi connectivity index (χ2v) is 11.2. The highest BCUT2D eigenvalue weighted by molar-refractivity contribution is 7.89. The summed E-state index contributed by atoms with van der Waals surface area (Å²) in [6.07, 6.45) is 2.32. The van der Waals surface area contributed by atoms with Crippen LogP contribution in [0, 0.1) is 0 Å². The number of fused-ring (bicyclic) bond motifs is 2. The lowest BCUT2D eigenvalue weighted by Crippen LogP contribution is -2.24. The fourth-order valence-electron chi connectivity index (χ4n) is 3.39. The second kappa shape index (κ2) is 21.7. The van der Waals surface area contributed by atoms with Gasteiger partial charge in [0.15, 0.2) is 0 Å². The summed E-state index contributed by atoms with van der Waals surface area (Å²) < 4.78 is 19.3. The Bertz CT molecular complexity index is 1340. The molecule has 0 unspecified atom stereocenters. The lowest BCUT2D eigenvalue weighted by atomic mass is 10.1. The molecule has 0 spiro atoms. The first kappa shape index (κ1) is 40.1. The summed E-state index contributed by atoms with van der Waals surface area (Å²) in [5.74, 6) is -0.850. The number of nitrogens with zero attached hydrogens (tertiary/aromatic N) is 2. The van der Waals surface area contributed by atoms with Crippen molar-refractivity contribution >= 4 is 33.5 Å². The normalized spacial score (nSPS) is 11.8. The zero-order chi connectivity index (χ0) is 34.4. The van der Waals surface area contributed by atoms with Gasteiger partial charge in [-0.2, -0.15) is 0 Å². The number of benzene rings is 4. The van der Waals surface area contributed by atoms with E-state index in [4.69, 9.17) is 0 Å². The molecule has 4 aromatic carbocycles. The van der Waals surface area contributed by atoms with E-state index in [-0.39, 0.29) is 23.6 Å². The maximum absolute atomic E-state index is 11.3. The molecule has 4 aromatic rings. The number of carbonyl (C=O) groups is 4. The highest BCUT2D eigenvalue weighted by atomic mass is 32.2. The Hall–Kier alpha value is -4.89. The lowest BCUT2D eigenvalue weighted by Gasteiger charge is -2.02. The number of hydrogen-bond donors (Lipinski definition) is 0. The molecule has 0 aromatic heterocycles. The summed E-state index contributed by atoms with van der Waals surface area (Å²) in [6, 6.07) is 37.7. The van der Waals surface area contributed by atoms with Gasteiger partial charge in [-0.1, -0.05) is 125 Å². The highest BCUT2D eigenvalue weighted by Gasteiger charge is 2.32. The number of rotatable bonds is 0. The molecule has 240 valence electrons. The number of imide groups is 2. The van der Waals surface area contributed by atoms with Gasteiger partial charge >= 0.3 is 0 Å². The van der Waals surface area contributed by atoms with Crippen molar-refractivity contribution in [3.05, 3.63) is 144 Å². The van der Waals surface area contributed by atoms with Crippen molar-refractivity contribution in [2.75, 3.05) is 26.6 Å². The van der Waals surface area contributed by atoms with Gasteiger partial charge in [0.1, 0.15) is 9.84 Å². The third-order valence-corrected chi connectivity index (χ3v) is 5.33. The number of carbonyl (C=O) groups excluding carboxylic acids is 4. The molecule has 0 saturated heterocycles.